The molecule has 0 fully saturated rings. The molecule has 0 radical (unpaired) electrons. The van der Waals surface area contributed by atoms with Crippen molar-refractivity contribution < 1.29 is 0 Å². The number of imidazole rings is 1. The molecule has 0 aliphatic heterocycles. The SMILES string of the molecule is CN=C(NCCCCn1ccnc1C)NCc1csc(N(C)C)n1.I. The third-order valence-electron chi connectivity index (χ3n) is 3.62. The summed E-state index contributed by atoms with van der Waals surface area (Å²) >= 11 is 1.65. The smallest absolute Gasteiger partial charge is 0.191 e. The molecule has 2 aromatic rings. The van der Waals surface area contributed by atoms with Crippen molar-refractivity contribution in [2.45, 2.75) is 32.9 Å². The van der Waals surface area contributed by atoms with Crippen LogP contribution in [0.25, 0.3) is 0 Å². The van der Waals surface area contributed by atoms with E-state index in [0.29, 0.717) is 6.54 Å². The molecule has 0 aromatic carbocycles. The molecular weight excluding hydrogens is 449 g/mol. The molecule has 2 rings (SSSR count). The second-order valence-corrected chi connectivity index (χ2v) is 6.58. The van der Waals surface area contributed by atoms with Gasteiger partial charge >= 0.3 is 0 Å². The number of unbranched alkanes of at least 4 members (excludes halogenated alkanes) is 1. The number of nitrogens with one attached hydrogen (secondary N) is 2. The summed E-state index contributed by atoms with van der Waals surface area (Å²) in [5, 5.41) is 9.73. The molecule has 140 valence electrons. The lowest BCUT2D eigenvalue weighted by atomic mass is 10.3. The van der Waals surface area contributed by atoms with Crippen LogP contribution in [0.2, 0.25) is 0 Å². The van der Waals surface area contributed by atoms with Crippen LogP contribution >= 0.6 is 35.3 Å². The van der Waals surface area contributed by atoms with E-state index in [1.807, 2.05) is 38.3 Å². The second kappa shape index (κ2) is 11.3. The van der Waals surface area contributed by atoms with Crippen LogP contribution in [-0.2, 0) is 13.1 Å². The third-order valence-corrected chi connectivity index (χ3v) is 4.68. The van der Waals surface area contributed by atoms with Gasteiger partial charge in [-0.15, -0.1) is 35.3 Å². The molecule has 2 aromatic heterocycles. The molecule has 0 saturated carbocycles. The Morgan fingerprint density at radius 1 is 1.32 bits per heavy atom. The summed E-state index contributed by atoms with van der Waals surface area (Å²) in [6, 6.07) is 0. The van der Waals surface area contributed by atoms with Gasteiger partial charge in [-0.25, -0.2) is 9.97 Å². The van der Waals surface area contributed by atoms with E-state index in [-0.39, 0.29) is 24.0 Å². The summed E-state index contributed by atoms with van der Waals surface area (Å²) in [7, 11) is 5.79. The maximum atomic E-state index is 4.55. The monoisotopic (exact) mass is 477 g/mol. The Labute approximate surface area is 171 Å². The van der Waals surface area contributed by atoms with Crippen LogP contribution in [0.5, 0.6) is 0 Å². The van der Waals surface area contributed by atoms with Gasteiger partial charge in [0, 0.05) is 52.0 Å². The van der Waals surface area contributed by atoms with Gasteiger partial charge in [0.15, 0.2) is 11.1 Å². The van der Waals surface area contributed by atoms with Crippen LogP contribution in [0.4, 0.5) is 5.13 Å². The minimum absolute atomic E-state index is 0. The molecule has 0 spiro atoms. The van der Waals surface area contributed by atoms with Crippen molar-refractivity contribution >= 4 is 46.4 Å². The highest BCUT2D eigenvalue weighted by molar-refractivity contribution is 14.0. The highest BCUT2D eigenvalue weighted by Crippen LogP contribution is 2.17. The average molecular weight is 477 g/mol. The minimum Gasteiger partial charge on any atom is -0.356 e. The number of guanidine groups is 1. The highest BCUT2D eigenvalue weighted by Gasteiger charge is 2.04. The molecule has 25 heavy (non-hydrogen) atoms. The van der Waals surface area contributed by atoms with Gasteiger partial charge in [0.2, 0.25) is 0 Å². The number of anilines is 1. The molecule has 2 N–H and O–H groups in total. The highest BCUT2D eigenvalue weighted by atomic mass is 127. The molecule has 0 bridgehead atoms. The molecule has 0 saturated heterocycles. The summed E-state index contributed by atoms with van der Waals surface area (Å²) < 4.78 is 2.18. The van der Waals surface area contributed by atoms with Crippen molar-refractivity contribution in [2.75, 3.05) is 32.6 Å². The van der Waals surface area contributed by atoms with Crippen LogP contribution in [0, 0.1) is 6.92 Å². The van der Waals surface area contributed by atoms with Gasteiger partial charge in [-0.3, -0.25) is 4.99 Å². The molecule has 0 amide bonds. The van der Waals surface area contributed by atoms with Crippen molar-refractivity contribution in [3.63, 3.8) is 0 Å². The number of hydrogen-bond acceptors (Lipinski definition) is 5. The van der Waals surface area contributed by atoms with E-state index in [0.717, 1.165) is 48.5 Å². The molecule has 0 aliphatic carbocycles. The Kier molecular flexibility index (Phi) is 9.79. The maximum absolute atomic E-state index is 4.55. The number of aryl methyl sites for hydroxylation is 2. The zero-order valence-electron chi connectivity index (χ0n) is 15.3. The first-order chi connectivity index (χ1) is 11.6. The van der Waals surface area contributed by atoms with E-state index >= 15 is 0 Å². The molecule has 2 heterocycles. The van der Waals surface area contributed by atoms with E-state index in [1.165, 1.54) is 0 Å². The van der Waals surface area contributed by atoms with Gasteiger partial charge in [0.1, 0.15) is 5.82 Å². The van der Waals surface area contributed by atoms with E-state index in [4.69, 9.17) is 0 Å². The number of aromatic nitrogens is 3. The fraction of sp³-hybridized carbons (Fsp3) is 0.562. The standard InChI is InChI=1S/C16H27N7S.HI/c1-13-18-8-10-23(13)9-6-5-7-19-15(17-2)20-11-14-12-24-16(21-14)22(3)4;/h8,10,12H,5-7,9,11H2,1-4H3,(H2,17,19,20);1H. The number of nitrogens with zero attached hydrogens (tertiary/aromatic N) is 5. The topological polar surface area (TPSA) is 70.4 Å². The largest absolute Gasteiger partial charge is 0.356 e. The van der Waals surface area contributed by atoms with Crippen molar-refractivity contribution in [1.82, 2.24) is 25.2 Å². The van der Waals surface area contributed by atoms with E-state index in [9.17, 15) is 0 Å². The number of hydrogen-bond donors (Lipinski definition) is 2. The fourth-order valence-electron chi connectivity index (χ4n) is 2.23. The Bertz CT molecular complexity index is 650. The molecule has 9 heteroatoms. The third kappa shape index (κ3) is 7.18. The van der Waals surface area contributed by atoms with Gasteiger partial charge in [-0.2, -0.15) is 0 Å². The Balaban J connectivity index is 0.00000312. The normalized spacial score (nSPS) is 11.1. The van der Waals surface area contributed by atoms with Gasteiger partial charge in [0.05, 0.1) is 12.2 Å². The van der Waals surface area contributed by atoms with Crippen molar-refractivity contribution in [1.29, 1.82) is 0 Å². The molecule has 7 nitrogen and oxygen atoms in total. The quantitative estimate of drug-likeness (QED) is 0.265. The summed E-state index contributed by atoms with van der Waals surface area (Å²) in [6.07, 6.45) is 6.07. The molecule has 0 aliphatic rings. The Morgan fingerprint density at radius 3 is 2.72 bits per heavy atom. The van der Waals surface area contributed by atoms with Crippen LogP contribution in [0.15, 0.2) is 22.8 Å². The van der Waals surface area contributed by atoms with Crippen LogP contribution in [0.1, 0.15) is 24.4 Å². The zero-order valence-corrected chi connectivity index (χ0v) is 18.5. The van der Waals surface area contributed by atoms with Gasteiger partial charge in [0.25, 0.3) is 0 Å². The van der Waals surface area contributed by atoms with Crippen molar-refractivity contribution in [3.8, 4) is 0 Å². The number of halogens is 1. The van der Waals surface area contributed by atoms with Crippen LogP contribution in [0.3, 0.4) is 0 Å². The molecule has 0 atom stereocenters. The van der Waals surface area contributed by atoms with E-state index < -0.39 is 0 Å². The minimum atomic E-state index is 0. The molecular formula is C16H28IN7S. The van der Waals surface area contributed by atoms with Crippen LogP contribution in [-0.4, -0.2) is 48.2 Å². The maximum Gasteiger partial charge on any atom is 0.191 e. The number of thiazole rings is 1. The lowest BCUT2D eigenvalue weighted by molar-refractivity contribution is 0.588. The fourth-order valence-corrected chi connectivity index (χ4v) is 2.99. The number of rotatable bonds is 8. The summed E-state index contributed by atoms with van der Waals surface area (Å²) in [4.78, 5) is 15.1. The first kappa shape index (κ1) is 21.7. The second-order valence-electron chi connectivity index (χ2n) is 5.74. The lowest BCUT2D eigenvalue weighted by Gasteiger charge is -2.11. The molecule has 0 unspecified atom stereocenters. The first-order valence-corrected chi connectivity index (χ1v) is 9.02. The summed E-state index contributed by atoms with van der Waals surface area (Å²) in [5.74, 6) is 1.88. The summed E-state index contributed by atoms with van der Waals surface area (Å²) in [6.45, 7) is 4.61. The van der Waals surface area contributed by atoms with Gasteiger partial charge < -0.3 is 20.1 Å². The van der Waals surface area contributed by atoms with Crippen molar-refractivity contribution in [2.24, 2.45) is 4.99 Å². The van der Waals surface area contributed by atoms with Crippen molar-refractivity contribution in [3.05, 3.63) is 29.3 Å². The first-order valence-electron chi connectivity index (χ1n) is 8.14. The number of aliphatic imine (C=N–C) groups is 1. The predicted molar refractivity (Wildman–Crippen MR) is 116 cm³/mol. The lowest BCUT2D eigenvalue weighted by Crippen LogP contribution is -2.37. The van der Waals surface area contributed by atoms with Crippen LogP contribution < -0.4 is 15.5 Å². The summed E-state index contributed by atoms with van der Waals surface area (Å²) in [5.41, 5.74) is 1.03. The van der Waals surface area contributed by atoms with E-state index in [2.05, 4.69) is 35.5 Å². The zero-order chi connectivity index (χ0) is 17.4. The van der Waals surface area contributed by atoms with Gasteiger partial charge in [-0.05, 0) is 19.8 Å². The predicted octanol–water partition coefficient (Wildman–Crippen LogP) is 2.48. The average Bonchev–Trinajstić information content (AvgIpc) is 3.19. The van der Waals surface area contributed by atoms with Gasteiger partial charge in [-0.1, -0.05) is 0 Å². The van der Waals surface area contributed by atoms with E-state index in [1.54, 1.807) is 18.4 Å². The Morgan fingerprint density at radius 2 is 2.12 bits per heavy atom. The Hall–Kier alpha value is -1.36.